The molecule has 1 aromatic rings. The summed E-state index contributed by atoms with van der Waals surface area (Å²) in [7, 11) is 0. The van der Waals surface area contributed by atoms with Crippen LogP contribution in [0.25, 0.3) is 0 Å². The Morgan fingerprint density at radius 1 is 1.53 bits per heavy atom. The summed E-state index contributed by atoms with van der Waals surface area (Å²) in [6.45, 7) is 2.69. The van der Waals surface area contributed by atoms with E-state index in [1.807, 2.05) is 11.8 Å². The van der Waals surface area contributed by atoms with Crippen molar-refractivity contribution in [1.29, 1.82) is 0 Å². The zero-order chi connectivity index (χ0) is 10.8. The fourth-order valence-electron chi connectivity index (χ4n) is 1.52. The van der Waals surface area contributed by atoms with Crippen molar-refractivity contribution >= 4 is 17.5 Å². The SMILES string of the molecule is CCN(C(=O)c1cnc(Cl)cn1)C1CC1. The van der Waals surface area contributed by atoms with Crippen molar-refractivity contribution in [3.05, 3.63) is 23.2 Å². The molecule has 1 amide bonds. The van der Waals surface area contributed by atoms with E-state index in [2.05, 4.69) is 9.97 Å². The molecule has 80 valence electrons. The van der Waals surface area contributed by atoms with Gasteiger partial charge in [-0.1, -0.05) is 11.6 Å². The molecule has 0 N–H and O–H groups in total. The molecule has 0 aliphatic heterocycles. The molecule has 2 rings (SSSR count). The van der Waals surface area contributed by atoms with Gasteiger partial charge in [0.25, 0.3) is 5.91 Å². The van der Waals surface area contributed by atoms with Gasteiger partial charge in [0.05, 0.1) is 12.4 Å². The second-order valence-electron chi connectivity index (χ2n) is 3.55. The predicted molar refractivity (Wildman–Crippen MR) is 56.8 cm³/mol. The topological polar surface area (TPSA) is 46.1 Å². The van der Waals surface area contributed by atoms with Gasteiger partial charge in [-0.05, 0) is 19.8 Å². The lowest BCUT2D eigenvalue weighted by Crippen LogP contribution is -2.33. The molecule has 1 aliphatic rings. The highest BCUT2D eigenvalue weighted by Gasteiger charge is 2.32. The molecule has 0 radical (unpaired) electrons. The zero-order valence-electron chi connectivity index (χ0n) is 8.48. The normalized spacial score (nSPS) is 15.1. The largest absolute Gasteiger partial charge is 0.335 e. The summed E-state index contributed by atoms with van der Waals surface area (Å²) >= 11 is 5.61. The Labute approximate surface area is 93.3 Å². The molecule has 0 saturated heterocycles. The monoisotopic (exact) mass is 225 g/mol. The Bertz CT molecular complexity index is 361. The molecule has 15 heavy (non-hydrogen) atoms. The van der Waals surface area contributed by atoms with Crippen LogP contribution in [0, 0.1) is 0 Å². The lowest BCUT2D eigenvalue weighted by Gasteiger charge is -2.19. The van der Waals surface area contributed by atoms with E-state index in [1.54, 1.807) is 0 Å². The first-order valence-electron chi connectivity index (χ1n) is 5.01. The lowest BCUT2D eigenvalue weighted by molar-refractivity contribution is 0.0746. The average Bonchev–Trinajstić information content (AvgIpc) is 3.04. The number of rotatable bonds is 3. The fraction of sp³-hybridized carbons (Fsp3) is 0.500. The summed E-state index contributed by atoms with van der Waals surface area (Å²) < 4.78 is 0. The van der Waals surface area contributed by atoms with Crippen LogP contribution in [0.1, 0.15) is 30.3 Å². The Kier molecular flexibility index (Phi) is 2.86. The maximum atomic E-state index is 11.9. The van der Waals surface area contributed by atoms with E-state index in [9.17, 15) is 4.79 Å². The minimum atomic E-state index is -0.0517. The van der Waals surface area contributed by atoms with E-state index in [0.29, 0.717) is 23.4 Å². The van der Waals surface area contributed by atoms with Gasteiger partial charge in [0.1, 0.15) is 10.8 Å². The summed E-state index contributed by atoms with van der Waals surface area (Å²) in [5.74, 6) is -0.0517. The van der Waals surface area contributed by atoms with E-state index in [0.717, 1.165) is 12.8 Å². The molecule has 0 spiro atoms. The van der Waals surface area contributed by atoms with Crippen molar-refractivity contribution < 1.29 is 4.79 Å². The molecule has 0 unspecified atom stereocenters. The molecule has 5 heteroatoms. The van der Waals surface area contributed by atoms with Crippen LogP contribution in [0.3, 0.4) is 0 Å². The maximum absolute atomic E-state index is 11.9. The van der Waals surface area contributed by atoms with E-state index in [1.165, 1.54) is 12.4 Å². The number of carbonyl (C=O) groups excluding carboxylic acids is 1. The van der Waals surface area contributed by atoms with Crippen LogP contribution in [0.15, 0.2) is 12.4 Å². The van der Waals surface area contributed by atoms with Crippen molar-refractivity contribution in [2.75, 3.05) is 6.54 Å². The number of amides is 1. The van der Waals surface area contributed by atoms with E-state index in [-0.39, 0.29) is 5.91 Å². The standard InChI is InChI=1S/C10H12ClN3O/c1-2-14(7-3-4-7)10(15)8-5-13-9(11)6-12-8/h5-7H,2-4H2,1H3. The molecule has 0 bridgehead atoms. The van der Waals surface area contributed by atoms with Crippen molar-refractivity contribution in [3.63, 3.8) is 0 Å². The molecule has 4 nitrogen and oxygen atoms in total. The molecule has 1 fully saturated rings. The minimum Gasteiger partial charge on any atom is -0.335 e. The van der Waals surface area contributed by atoms with Crippen molar-refractivity contribution in [2.45, 2.75) is 25.8 Å². The van der Waals surface area contributed by atoms with Crippen LogP contribution in [-0.4, -0.2) is 33.4 Å². The second-order valence-corrected chi connectivity index (χ2v) is 3.93. The van der Waals surface area contributed by atoms with Gasteiger partial charge in [-0.3, -0.25) is 4.79 Å². The first-order chi connectivity index (χ1) is 7.22. The van der Waals surface area contributed by atoms with E-state index >= 15 is 0 Å². The average molecular weight is 226 g/mol. The van der Waals surface area contributed by atoms with Crippen LogP contribution in [0.4, 0.5) is 0 Å². The minimum absolute atomic E-state index is 0.0517. The van der Waals surface area contributed by atoms with Crippen LogP contribution < -0.4 is 0 Å². The molecule has 1 saturated carbocycles. The number of carbonyl (C=O) groups is 1. The molecular formula is C10H12ClN3O. The highest BCUT2D eigenvalue weighted by molar-refractivity contribution is 6.29. The maximum Gasteiger partial charge on any atom is 0.274 e. The number of hydrogen-bond acceptors (Lipinski definition) is 3. The lowest BCUT2D eigenvalue weighted by atomic mass is 10.3. The predicted octanol–water partition coefficient (Wildman–Crippen LogP) is 1.75. The number of aromatic nitrogens is 2. The highest BCUT2D eigenvalue weighted by Crippen LogP contribution is 2.27. The van der Waals surface area contributed by atoms with Gasteiger partial charge in [-0.25, -0.2) is 9.97 Å². The van der Waals surface area contributed by atoms with Crippen molar-refractivity contribution in [1.82, 2.24) is 14.9 Å². The molecule has 1 heterocycles. The third-order valence-corrected chi connectivity index (χ3v) is 2.62. The van der Waals surface area contributed by atoms with E-state index in [4.69, 9.17) is 11.6 Å². The fourth-order valence-corrected chi connectivity index (χ4v) is 1.62. The molecule has 1 aliphatic carbocycles. The summed E-state index contributed by atoms with van der Waals surface area (Å²) in [6, 6.07) is 0.403. The third kappa shape index (κ3) is 2.26. The Balaban J connectivity index is 2.15. The summed E-state index contributed by atoms with van der Waals surface area (Å²) in [5, 5.41) is 0.307. The molecule has 0 aromatic carbocycles. The summed E-state index contributed by atoms with van der Waals surface area (Å²) in [4.78, 5) is 21.6. The first kappa shape index (κ1) is 10.4. The number of nitrogens with zero attached hydrogens (tertiary/aromatic N) is 3. The Morgan fingerprint density at radius 2 is 2.27 bits per heavy atom. The smallest absolute Gasteiger partial charge is 0.274 e. The number of halogens is 1. The van der Waals surface area contributed by atoms with Gasteiger partial charge in [0, 0.05) is 12.6 Å². The van der Waals surface area contributed by atoms with Crippen LogP contribution in [0.5, 0.6) is 0 Å². The van der Waals surface area contributed by atoms with Gasteiger partial charge >= 0.3 is 0 Å². The molecular weight excluding hydrogens is 214 g/mol. The van der Waals surface area contributed by atoms with Gasteiger partial charge in [-0.15, -0.1) is 0 Å². The second kappa shape index (κ2) is 4.14. The molecule has 1 aromatic heterocycles. The van der Waals surface area contributed by atoms with Gasteiger partial charge in [0.15, 0.2) is 0 Å². The van der Waals surface area contributed by atoms with Crippen LogP contribution in [0.2, 0.25) is 5.15 Å². The van der Waals surface area contributed by atoms with Crippen molar-refractivity contribution in [2.24, 2.45) is 0 Å². The van der Waals surface area contributed by atoms with Crippen LogP contribution in [-0.2, 0) is 0 Å². The van der Waals surface area contributed by atoms with Crippen LogP contribution >= 0.6 is 11.6 Å². The van der Waals surface area contributed by atoms with Gasteiger partial charge < -0.3 is 4.90 Å². The summed E-state index contributed by atoms with van der Waals surface area (Å²) in [5.41, 5.74) is 0.369. The zero-order valence-corrected chi connectivity index (χ0v) is 9.24. The quantitative estimate of drug-likeness (QED) is 0.788. The van der Waals surface area contributed by atoms with Gasteiger partial charge in [-0.2, -0.15) is 0 Å². The number of hydrogen-bond donors (Lipinski definition) is 0. The summed E-state index contributed by atoms with van der Waals surface area (Å²) in [6.07, 6.45) is 5.02. The van der Waals surface area contributed by atoms with Crippen molar-refractivity contribution in [3.8, 4) is 0 Å². The Hall–Kier alpha value is -1.16. The van der Waals surface area contributed by atoms with E-state index < -0.39 is 0 Å². The third-order valence-electron chi connectivity index (χ3n) is 2.43. The molecule has 0 atom stereocenters. The first-order valence-corrected chi connectivity index (χ1v) is 5.38. The Morgan fingerprint density at radius 3 is 2.73 bits per heavy atom. The van der Waals surface area contributed by atoms with Gasteiger partial charge in [0.2, 0.25) is 0 Å². The highest BCUT2D eigenvalue weighted by atomic mass is 35.5.